The van der Waals surface area contributed by atoms with Crippen molar-refractivity contribution in [2.45, 2.75) is 45.6 Å². The van der Waals surface area contributed by atoms with Crippen LogP contribution in [0.25, 0.3) is 5.69 Å². The van der Waals surface area contributed by atoms with Crippen LogP contribution in [-0.2, 0) is 0 Å². The van der Waals surface area contributed by atoms with Crippen molar-refractivity contribution in [3.63, 3.8) is 0 Å². The third-order valence-electron chi connectivity index (χ3n) is 5.90. The largest absolute Gasteiger partial charge is 0.338 e. The molecule has 152 valence electrons. The second kappa shape index (κ2) is 8.89. The molecule has 0 atom stereocenters. The van der Waals surface area contributed by atoms with E-state index in [2.05, 4.69) is 9.88 Å². The third-order valence-corrected chi connectivity index (χ3v) is 6.14. The summed E-state index contributed by atoms with van der Waals surface area (Å²) in [6.07, 6.45) is 4.86. The number of carbonyl (C=O) groups is 1. The first-order chi connectivity index (χ1) is 13.0. The van der Waals surface area contributed by atoms with Gasteiger partial charge in [0, 0.05) is 41.2 Å². The summed E-state index contributed by atoms with van der Waals surface area (Å²) in [6.45, 7) is 6.88. The number of carbonyl (C=O) groups excluding carboxylic acids is 1. The Kier molecular flexibility index (Phi) is 6.74. The molecule has 1 aromatic heterocycles. The van der Waals surface area contributed by atoms with Gasteiger partial charge in [0.15, 0.2) is 0 Å². The van der Waals surface area contributed by atoms with E-state index in [4.69, 9.17) is 11.6 Å². The Morgan fingerprint density at radius 3 is 2.50 bits per heavy atom. The molecular weight excluding hydrogens is 393 g/mol. The van der Waals surface area contributed by atoms with Crippen molar-refractivity contribution in [1.82, 2.24) is 14.8 Å². The number of rotatable bonds is 5. The van der Waals surface area contributed by atoms with Gasteiger partial charge in [0.2, 0.25) is 0 Å². The zero-order valence-electron chi connectivity index (χ0n) is 16.6. The molecule has 0 unspecified atom stereocenters. The topological polar surface area (TPSA) is 37.3 Å². The smallest absolute Gasteiger partial charge is 0.255 e. The van der Waals surface area contributed by atoms with E-state index in [1.54, 1.807) is 0 Å². The highest BCUT2D eigenvalue weighted by Gasteiger charge is 2.28. The Morgan fingerprint density at radius 2 is 1.86 bits per heavy atom. The van der Waals surface area contributed by atoms with E-state index in [0.29, 0.717) is 11.1 Å². The molecule has 2 aliphatic rings. The Bertz CT molecular complexity index is 836. The van der Waals surface area contributed by atoms with Gasteiger partial charge in [-0.1, -0.05) is 17.7 Å². The van der Waals surface area contributed by atoms with Gasteiger partial charge in [-0.3, -0.25) is 4.79 Å². The van der Waals surface area contributed by atoms with Crippen molar-refractivity contribution in [1.29, 1.82) is 0 Å². The molecule has 1 amide bonds. The lowest BCUT2D eigenvalue weighted by Gasteiger charge is -2.32. The Hall–Kier alpha value is -1.49. The van der Waals surface area contributed by atoms with Gasteiger partial charge >= 0.3 is 0 Å². The quantitative estimate of drug-likeness (QED) is 0.754. The standard InChI is InChI=1S/C22H28ClN3O.ClH/c1-15-12-21(16(2)26(15)20-5-3-4-18(23)13-20)22(27)25-10-8-19(9-11-25)24-14-17-6-7-17;/h3-5,12-13,17,19,24H,6-11,14H2,1-2H3;1H. The molecule has 1 saturated heterocycles. The summed E-state index contributed by atoms with van der Waals surface area (Å²) in [5.74, 6) is 1.05. The van der Waals surface area contributed by atoms with Gasteiger partial charge in [-0.05, 0) is 76.3 Å². The molecule has 28 heavy (non-hydrogen) atoms. The van der Waals surface area contributed by atoms with Gasteiger partial charge in [-0.25, -0.2) is 0 Å². The Labute approximate surface area is 178 Å². The molecule has 1 aliphatic heterocycles. The van der Waals surface area contributed by atoms with Crippen molar-refractivity contribution in [3.05, 3.63) is 52.3 Å². The molecule has 2 heterocycles. The maximum absolute atomic E-state index is 13.1. The summed E-state index contributed by atoms with van der Waals surface area (Å²) >= 11 is 6.16. The van der Waals surface area contributed by atoms with Crippen LogP contribution in [0, 0.1) is 19.8 Å². The number of hydrogen-bond donors (Lipinski definition) is 1. The zero-order valence-corrected chi connectivity index (χ0v) is 18.2. The molecule has 1 aromatic carbocycles. The molecule has 1 aliphatic carbocycles. The van der Waals surface area contributed by atoms with Crippen LogP contribution in [0.3, 0.4) is 0 Å². The van der Waals surface area contributed by atoms with Gasteiger partial charge < -0.3 is 14.8 Å². The van der Waals surface area contributed by atoms with E-state index in [1.807, 2.05) is 49.1 Å². The monoisotopic (exact) mass is 421 g/mol. The number of piperidine rings is 1. The first kappa shape index (κ1) is 21.2. The third kappa shape index (κ3) is 4.56. The molecule has 1 saturated carbocycles. The fraction of sp³-hybridized carbons (Fsp3) is 0.500. The van der Waals surface area contributed by atoms with Crippen LogP contribution >= 0.6 is 24.0 Å². The molecule has 4 rings (SSSR count). The summed E-state index contributed by atoms with van der Waals surface area (Å²) in [5.41, 5.74) is 3.84. The fourth-order valence-electron chi connectivity index (χ4n) is 4.10. The van der Waals surface area contributed by atoms with E-state index in [1.165, 1.54) is 12.8 Å². The number of aromatic nitrogens is 1. The molecule has 0 bridgehead atoms. The molecule has 4 nitrogen and oxygen atoms in total. The zero-order chi connectivity index (χ0) is 19.0. The molecule has 2 aromatic rings. The van der Waals surface area contributed by atoms with Crippen LogP contribution in [0.1, 0.15) is 47.4 Å². The highest BCUT2D eigenvalue weighted by molar-refractivity contribution is 6.30. The Morgan fingerprint density at radius 1 is 1.14 bits per heavy atom. The second-order valence-corrected chi connectivity index (χ2v) is 8.45. The van der Waals surface area contributed by atoms with Gasteiger partial charge in [0.05, 0.1) is 5.56 Å². The van der Waals surface area contributed by atoms with Crippen LogP contribution in [0.4, 0.5) is 0 Å². The van der Waals surface area contributed by atoms with E-state index in [-0.39, 0.29) is 18.3 Å². The van der Waals surface area contributed by atoms with Gasteiger partial charge in [-0.2, -0.15) is 0 Å². The molecule has 0 spiro atoms. The van der Waals surface area contributed by atoms with Crippen LogP contribution in [0.2, 0.25) is 5.02 Å². The molecular formula is C22H29Cl2N3O. The molecule has 1 N–H and O–H groups in total. The number of benzene rings is 1. The summed E-state index contributed by atoms with van der Waals surface area (Å²) in [4.78, 5) is 15.1. The van der Waals surface area contributed by atoms with Crippen molar-refractivity contribution in [2.75, 3.05) is 19.6 Å². The van der Waals surface area contributed by atoms with Crippen molar-refractivity contribution in [2.24, 2.45) is 5.92 Å². The number of hydrogen-bond acceptors (Lipinski definition) is 2. The first-order valence-electron chi connectivity index (χ1n) is 10.0. The highest BCUT2D eigenvalue weighted by Crippen LogP contribution is 2.28. The van der Waals surface area contributed by atoms with Crippen LogP contribution in [0.15, 0.2) is 30.3 Å². The van der Waals surface area contributed by atoms with E-state index < -0.39 is 0 Å². The van der Waals surface area contributed by atoms with Crippen molar-refractivity contribution >= 4 is 29.9 Å². The minimum atomic E-state index is 0. The van der Waals surface area contributed by atoms with Gasteiger partial charge in [0.25, 0.3) is 5.91 Å². The SMILES string of the molecule is Cc1cc(C(=O)N2CCC(NCC3CC3)CC2)c(C)n1-c1cccc(Cl)c1.Cl. The van der Waals surface area contributed by atoms with Crippen LogP contribution in [-0.4, -0.2) is 41.1 Å². The molecule has 2 fully saturated rings. The average Bonchev–Trinajstić information content (AvgIpc) is 3.44. The van der Waals surface area contributed by atoms with Crippen molar-refractivity contribution < 1.29 is 4.79 Å². The number of aryl methyl sites for hydroxylation is 1. The number of nitrogens with one attached hydrogen (secondary N) is 1. The predicted octanol–water partition coefficient (Wildman–Crippen LogP) is 4.77. The number of nitrogens with zero attached hydrogens (tertiary/aromatic N) is 2. The van der Waals surface area contributed by atoms with Gasteiger partial charge in [-0.15, -0.1) is 12.4 Å². The Balaban J connectivity index is 0.00000225. The number of amides is 1. The fourth-order valence-corrected chi connectivity index (χ4v) is 4.29. The molecule has 6 heteroatoms. The first-order valence-corrected chi connectivity index (χ1v) is 10.4. The molecule has 0 radical (unpaired) electrons. The summed E-state index contributed by atoms with van der Waals surface area (Å²) in [6, 6.07) is 10.3. The minimum absolute atomic E-state index is 0. The lowest BCUT2D eigenvalue weighted by atomic mass is 10.0. The van der Waals surface area contributed by atoms with Gasteiger partial charge in [0.1, 0.15) is 0 Å². The lowest BCUT2D eigenvalue weighted by molar-refractivity contribution is 0.0704. The van der Waals surface area contributed by atoms with E-state index >= 15 is 0 Å². The lowest BCUT2D eigenvalue weighted by Crippen LogP contribution is -2.45. The van der Waals surface area contributed by atoms with Crippen molar-refractivity contribution in [3.8, 4) is 5.69 Å². The van der Waals surface area contributed by atoms with E-state index in [0.717, 1.165) is 61.0 Å². The maximum Gasteiger partial charge on any atom is 0.255 e. The van der Waals surface area contributed by atoms with Crippen LogP contribution in [0.5, 0.6) is 0 Å². The second-order valence-electron chi connectivity index (χ2n) is 8.02. The summed E-state index contributed by atoms with van der Waals surface area (Å²) in [5, 5.41) is 4.38. The maximum atomic E-state index is 13.1. The number of likely N-dealkylation sites (tertiary alicyclic amines) is 1. The predicted molar refractivity (Wildman–Crippen MR) is 117 cm³/mol. The highest BCUT2D eigenvalue weighted by atomic mass is 35.5. The minimum Gasteiger partial charge on any atom is -0.338 e. The summed E-state index contributed by atoms with van der Waals surface area (Å²) < 4.78 is 2.11. The van der Waals surface area contributed by atoms with E-state index in [9.17, 15) is 4.79 Å². The summed E-state index contributed by atoms with van der Waals surface area (Å²) in [7, 11) is 0. The van der Waals surface area contributed by atoms with Crippen LogP contribution < -0.4 is 5.32 Å². The average molecular weight is 422 g/mol. The normalized spacial score (nSPS) is 17.5. The number of halogens is 2.